The molecule has 1 unspecified atom stereocenters. The first-order valence-corrected chi connectivity index (χ1v) is 13.2. The maximum atomic E-state index is 13.6. The number of hydrogen-bond donors (Lipinski definition) is 1. The SMILES string of the molecule is Cc1ccc(N(CC(=O)NC(C)c2ccc3c(c2)CCC3)S(=O)(=O)c2ccc(Cl)cc2)cc1C. The number of amides is 1. The van der Waals surface area contributed by atoms with Crippen LogP contribution >= 0.6 is 11.6 Å². The first kappa shape index (κ1) is 24.3. The highest BCUT2D eigenvalue weighted by Crippen LogP contribution is 2.28. The van der Waals surface area contributed by atoms with Crippen LogP contribution in [0.25, 0.3) is 0 Å². The topological polar surface area (TPSA) is 66.5 Å². The molecule has 0 bridgehead atoms. The molecule has 0 fully saturated rings. The van der Waals surface area contributed by atoms with Crippen LogP contribution in [-0.2, 0) is 27.7 Å². The van der Waals surface area contributed by atoms with Gasteiger partial charge in [-0.1, -0.05) is 35.9 Å². The van der Waals surface area contributed by atoms with Crippen LogP contribution in [0.2, 0.25) is 5.02 Å². The molecule has 1 N–H and O–H groups in total. The summed E-state index contributed by atoms with van der Waals surface area (Å²) >= 11 is 5.96. The molecule has 3 aromatic carbocycles. The number of sulfonamides is 1. The van der Waals surface area contributed by atoms with Crippen molar-refractivity contribution in [2.75, 3.05) is 10.8 Å². The standard InChI is InChI=1S/C27H29ClN2O3S/c1-18-7-12-25(15-19(18)2)30(34(32,33)26-13-10-24(28)11-14-26)17-27(31)29-20(3)22-9-8-21-5-4-6-23(21)16-22/h7-16,20H,4-6,17H2,1-3H3,(H,29,31). The number of anilines is 1. The van der Waals surface area contributed by atoms with Crippen LogP contribution in [0, 0.1) is 13.8 Å². The van der Waals surface area contributed by atoms with Crippen LogP contribution in [0.15, 0.2) is 65.6 Å². The van der Waals surface area contributed by atoms with Crippen LogP contribution in [0.5, 0.6) is 0 Å². The van der Waals surface area contributed by atoms with Gasteiger partial charge in [-0.2, -0.15) is 0 Å². The van der Waals surface area contributed by atoms with Gasteiger partial charge in [-0.25, -0.2) is 8.42 Å². The number of nitrogens with zero attached hydrogens (tertiary/aromatic N) is 1. The van der Waals surface area contributed by atoms with Crippen LogP contribution in [0.1, 0.15) is 47.2 Å². The predicted molar refractivity (Wildman–Crippen MR) is 137 cm³/mol. The van der Waals surface area contributed by atoms with Gasteiger partial charge in [-0.3, -0.25) is 9.10 Å². The highest BCUT2D eigenvalue weighted by molar-refractivity contribution is 7.92. The summed E-state index contributed by atoms with van der Waals surface area (Å²) in [6.45, 7) is 5.47. The molecular formula is C27H29ClN2O3S. The fourth-order valence-corrected chi connectivity index (χ4v) is 5.83. The molecule has 3 aromatic rings. The van der Waals surface area contributed by atoms with Gasteiger partial charge in [-0.15, -0.1) is 0 Å². The molecular weight excluding hydrogens is 468 g/mol. The highest BCUT2D eigenvalue weighted by atomic mass is 35.5. The van der Waals surface area contributed by atoms with Gasteiger partial charge in [0.15, 0.2) is 0 Å². The average molecular weight is 497 g/mol. The summed E-state index contributed by atoms with van der Waals surface area (Å²) in [4.78, 5) is 13.2. The van der Waals surface area contributed by atoms with Crippen molar-refractivity contribution in [2.45, 2.75) is 51.0 Å². The van der Waals surface area contributed by atoms with Gasteiger partial charge in [-0.05, 0) is 104 Å². The molecule has 0 saturated heterocycles. The first-order valence-electron chi connectivity index (χ1n) is 11.4. The number of benzene rings is 3. The highest BCUT2D eigenvalue weighted by Gasteiger charge is 2.28. The van der Waals surface area contributed by atoms with Crippen LogP contribution in [0.4, 0.5) is 5.69 Å². The van der Waals surface area contributed by atoms with Crippen LogP contribution in [0.3, 0.4) is 0 Å². The van der Waals surface area contributed by atoms with E-state index < -0.39 is 10.0 Å². The second kappa shape index (κ2) is 9.80. The lowest BCUT2D eigenvalue weighted by atomic mass is 10.0. The van der Waals surface area contributed by atoms with E-state index in [0.29, 0.717) is 10.7 Å². The van der Waals surface area contributed by atoms with Crippen molar-refractivity contribution in [1.82, 2.24) is 5.32 Å². The average Bonchev–Trinajstić information content (AvgIpc) is 3.27. The number of nitrogens with one attached hydrogen (secondary N) is 1. The van der Waals surface area contributed by atoms with E-state index in [4.69, 9.17) is 11.6 Å². The van der Waals surface area contributed by atoms with Crippen LogP contribution < -0.4 is 9.62 Å². The second-order valence-corrected chi connectivity index (χ2v) is 11.2. The van der Waals surface area contributed by atoms with E-state index >= 15 is 0 Å². The predicted octanol–water partition coefficient (Wildman–Crippen LogP) is 5.52. The second-order valence-electron chi connectivity index (χ2n) is 8.91. The van der Waals surface area contributed by atoms with Gasteiger partial charge in [0, 0.05) is 5.02 Å². The number of aryl methyl sites for hydroxylation is 4. The third-order valence-corrected chi connectivity index (χ3v) is 8.51. The Hall–Kier alpha value is -2.83. The van der Waals surface area contributed by atoms with E-state index in [0.717, 1.165) is 40.3 Å². The van der Waals surface area contributed by atoms with Crippen molar-refractivity contribution < 1.29 is 13.2 Å². The van der Waals surface area contributed by atoms with Crippen molar-refractivity contribution in [3.05, 3.63) is 93.5 Å². The minimum atomic E-state index is -3.99. The number of carbonyl (C=O) groups excluding carboxylic acids is 1. The zero-order valence-electron chi connectivity index (χ0n) is 19.6. The van der Waals surface area contributed by atoms with Gasteiger partial charge < -0.3 is 5.32 Å². The summed E-state index contributed by atoms with van der Waals surface area (Å²) < 4.78 is 28.3. The molecule has 0 aromatic heterocycles. The number of rotatable bonds is 7. The van der Waals surface area contributed by atoms with E-state index in [1.165, 1.54) is 35.4 Å². The molecule has 4 rings (SSSR count). The first-order chi connectivity index (χ1) is 16.1. The zero-order valence-corrected chi connectivity index (χ0v) is 21.2. The van der Waals surface area contributed by atoms with Gasteiger partial charge in [0.05, 0.1) is 16.6 Å². The molecule has 0 aliphatic heterocycles. The van der Waals surface area contributed by atoms with Crippen molar-refractivity contribution in [3.63, 3.8) is 0 Å². The summed E-state index contributed by atoms with van der Waals surface area (Å²) in [6.07, 6.45) is 3.32. The minimum absolute atomic E-state index is 0.0783. The molecule has 34 heavy (non-hydrogen) atoms. The van der Waals surface area contributed by atoms with Gasteiger partial charge in [0.2, 0.25) is 5.91 Å². The molecule has 0 spiro atoms. The lowest BCUT2D eigenvalue weighted by Crippen LogP contribution is -2.41. The van der Waals surface area contributed by atoms with Crippen molar-refractivity contribution in [1.29, 1.82) is 0 Å². The Kier molecular flexibility index (Phi) is 7.01. The Morgan fingerprint density at radius 1 is 0.971 bits per heavy atom. The number of halogens is 1. The van der Waals surface area contributed by atoms with Crippen molar-refractivity contribution >= 4 is 33.2 Å². The number of carbonyl (C=O) groups is 1. The summed E-state index contributed by atoms with van der Waals surface area (Å²) in [5, 5.41) is 3.42. The molecule has 1 aliphatic rings. The fourth-order valence-electron chi connectivity index (χ4n) is 4.29. The maximum Gasteiger partial charge on any atom is 0.264 e. The quantitative estimate of drug-likeness (QED) is 0.468. The summed E-state index contributed by atoms with van der Waals surface area (Å²) in [7, 11) is -3.99. The molecule has 1 atom stereocenters. The van der Waals surface area contributed by atoms with Crippen molar-refractivity contribution in [3.8, 4) is 0 Å². The molecule has 0 radical (unpaired) electrons. The number of fused-ring (bicyclic) bond motifs is 1. The fraction of sp³-hybridized carbons (Fsp3) is 0.296. The van der Waals surface area contributed by atoms with E-state index in [-0.39, 0.29) is 23.4 Å². The van der Waals surface area contributed by atoms with E-state index in [2.05, 4.69) is 17.4 Å². The Morgan fingerprint density at radius 2 is 1.68 bits per heavy atom. The Balaban J connectivity index is 1.60. The normalized spacial score (nSPS) is 13.9. The molecule has 1 aliphatic carbocycles. The zero-order chi connectivity index (χ0) is 24.5. The summed E-state index contributed by atoms with van der Waals surface area (Å²) in [6, 6.07) is 17.4. The third kappa shape index (κ3) is 5.13. The van der Waals surface area contributed by atoms with Gasteiger partial charge in [0.1, 0.15) is 6.54 Å². The molecule has 178 valence electrons. The minimum Gasteiger partial charge on any atom is -0.348 e. The molecule has 5 nitrogen and oxygen atoms in total. The Morgan fingerprint density at radius 3 is 2.38 bits per heavy atom. The summed E-state index contributed by atoms with van der Waals surface area (Å²) in [5.41, 5.74) is 6.16. The molecule has 7 heteroatoms. The Labute approximate surface area is 206 Å². The monoisotopic (exact) mass is 496 g/mol. The number of hydrogen-bond acceptors (Lipinski definition) is 3. The van der Waals surface area contributed by atoms with Crippen molar-refractivity contribution in [2.24, 2.45) is 0 Å². The van der Waals surface area contributed by atoms with E-state index in [9.17, 15) is 13.2 Å². The lowest BCUT2D eigenvalue weighted by molar-refractivity contribution is -0.120. The molecule has 1 amide bonds. The third-order valence-electron chi connectivity index (χ3n) is 6.47. The van der Waals surface area contributed by atoms with Crippen LogP contribution in [-0.4, -0.2) is 20.9 Å². The smallest absolute Gasteiger partial charge is 0.264 e. The summed E-state index contributed by atoms with van der Waals surface area (Å²) in [5.74, 6) is -0.372. The maximum absolute atomic E-state index is 13.6. The lowest BCUT2D eigenvalue weighted by Gasteiger charge is -2.26. The van der Waals surface area contributed by atoms with E-state index in [1.807, 2.05) is 32.9 Å². The van der Waals surface area contributed by atoms with Gasteiger partial charge >= 0.3 is 0 Å². The Bertz CT molecular complexity index is 1320. The van der Waals surface area contributed by atoms with E-state index in [1.54, 1.807) is 12.1 Å². The van der Waals surface area contributed by atoms with Gasteiger partial charge in [0.25, 0.3) is 10.0 Å². The molecule has 0 saturated carbocycles. The largest absolute Gasteiger partial charge is 0.348 e. The molecule has 0 heterocycles.